The van der Waals surface area contributed by atoms with Crippen LogP contribution >= 0.6 is 0 Å². The van der Waals surface area contributed by atoms with Crippen LogP contribution in [0.4, 0.5) is 10.5 Å². The van der Waals surface area contributed by atoms with E-state index in [0.29, 0.717) is 6.54 Å². The molecule has 1 aromatic heterocycles. The molecule has 0 saturated heterocycles. The molecule has 3 aromatic rings. The highest BCUT2D eigenvalue weighted by Crippen LogP contribution is 2.27. The van der Waals surface area contributed by atoms with E-state index in [9.17, 15) is 4.79 Å². The summed E-state index contributed by atoms with van der Waals surface area (Å²) >= 11 is 0. The van der Waals surface area contributed by atoms with E-state index in [4.69, 9.17) is 0 Å². The first-order valence-electron chi connectivity index (χ1n) is 11.7. The largest absolute Gasteiger partial charge is 0.322 e. The molecule has 168 valence electrons. The Morgan fingerprint density at radius 3 is 2.25 bits per heavy atom. The van der Waals surface area contributed by atoms with Crippen molar-refractivity contribution in [3.8, 4) is 11.1 Å². The minimum absolute atomic E-state index is 0.00543. The van der Waals surface area contributed by atoms with Gasteiger partial charge in [0, 0.05) is 30.0 Å². The summed E-state index contributed by atoms with van der Waals surface area (Å²) in [5.74, 6) is 0. The molecular weight excluding hydrogens is 396 g/mol. The van der Waals surface area contributed by atoms with Crippen LogP contribution < -0.4 is 5.32 Å². The van der Waals surface area contributed by atoms with Gasteiger partial charge < -0.3 is 10.2 Å². The molecule has 0 atom stereocenters. The van der Waals surface area contributed by atoms with E-state index in [2.05, 4.69) is 77.6 Å². The van der Waals surface area contributed by atoms with Crippen LogP contribution in [0.15, 0.2) is 48.8 Å². The number of hydrogen-bond acceptors (Lipinski definition) is 2. The Bertz CT molecular complexity index is 1010. The maximum atomic E-state index is 13.6. The number of carbonyl (C=O) groups is 1. The molecule has 1 heterocycles. The zero-order valence-corrected chi connectivity index (χ0v) is 19.4. The van der Waals surface area contributed by atoms with Gasteiger partial charge in [-0.1, -0.05) is 67.6 Å². The Labute approximate surface area is 191 Å². The lowest BCUT2D eigenvalue weighted by atomic mass is 10.0. The fourth-order valence-corrected chi connectivity index (χ4v) is 4.90. The first-order valence-corrected chi connectivity index (χ1v) is 11.7. The third-order valence-corrected chi connectivity index (χ3v) is 6.57. The fraction of sp³-hybridized carbons (Fsp3) is 0.407. The second-order valence-corrected chi connectivity index (χ2v) is 9.16. The van der Waals surface area contributed by atoms with Crippen molar-refractivity contribution in [2.24, 2.45) is 0 Å². The second kappa shape index (κ2) is 10.0. The summed E-state index contributed by atoms with van der Waals surface area (Å²) in [7, 11) is 0. The summed E-state index contributed by atoms with van der Waals surface area (Å²) in [6, 6.07) is 13.0. The zero-order chi connectivity index (χ0) is 22.5. The van der Waals surface area contributed by atoms with E-state index in [1.807, 2.05) is 12.4 Å². The number of H-pyrrole nitrogens is 1. The average Bonchev–Trinajstić information content (AvgIpc) is 3.18. The molecule has 0 bridgehead atoms. The van der Waals surface area contributed by atoms with E-state index in [-0.39, 0.29) is 12.1 Å². The molecule has 32 heavy (non-hydrogen) atoms. The van der Waals surface area contributed by atoms with Crippen LogP contribution in [0, 0.1) is 20.8 Å². The minimum Gasteiger partial charge on any atom is -0.317 e. The number of aryl methyl sites for hydroxylation is 3. The molecule has 0 spiro atoms. The van der Waals surface area contributed by atoms with Gasteiger partial charge >= 0.3 is 6.03 Å². The summed E-state index contributed by atoms with van der Waals surface area (Å²) in [5, 5.41) is 10.2. The Morgan fingerprint density at radius 1 is 1.00 bits per heavy atom. The highest BCUT2D eigenvalue weighted by molar-refractivity contribution is 5.91. The molecular formula is C27H34N4O. The van der Waals surface area contributed by atoms with Gasteiger partial charge in [-0.05, 0) is 55.9 Å². The highest BCUT2D eigenvalue weighted by Gasteiger charge is 2.25. The van der Waals surface area contributed by atoms with Crippen LogP contribution in [0.2, 0.25) is 0 Å². The van der Waals surface area contributed by atoms with Gasteiger partial charge in [0.25, 0.3) is 0 Å². The minimum atomic E-state index is 0.00543. The number of aromatic amines is 1. The predicted molar refractivity (Wildman–Crippen MR) is 131 cm³/mol. The van der Waals surface area contributed by atoms with Crippen LogP contribution in [-0.4, -0.2) is 27.2 Å². The van der Waals surface area contributed by atoms with Crippen molar-refractivity contribution in [3.05, 3.63) is 71.0 Å². The Kier molecular flexibility index (Phi) is 6.93. The molecule has 2 N–H and O–H groups in total. The number of amides is 2. The summed E-state index contributed by atoms with van der Waals surface area (Å²) in [5.41, 5.74) is 7.72. The van der Waals surface area contributed by atoms with Crippen molar-refractivity contribution in [1.29, 1.82) is 0 Å². The number of urea groups is 1. The molecule has 1 aliphatic rings. The maximum absolute atomic E-state index is 13.6. The molecule has 5 heteroatoms. The van der Waals surface area contributed by atoms with Gasteiger partial charge in [0.2, 0.25) is 0 Å². The molecule has 1 saturated carbocycles. The van der Waals surface area contributed by atoms with Crippen LogP contribution in [0.25, 0.3) is 11.1 Å². The molecule has 1 aliphatic carbocycles. The summed E-state index contributed by atoms with van der Waals surface area (Å²) in [6.45, 7) is 6.85. The van der Waals surface area contributed by atoms with Gasteiger partial charge in [0.15, 0.2) is 0 Å². The van der Waals surface area contributed by atoms with Crippen molar-refractivity contribution < 1.29 is 4.79 Å². The second-order valence-electron chi connectivity index (χ2n) is 9.16. The molecule has 1 fully saturated rings. The molecule has 0 unspecified atom stereocenters. The molecule has 0 radical (unpaired) electrons. The predicted octanol–water partition coefficient (Wildman–Crippen LogP) is 6.76. The lowest BCUT2D eigenvalue weighted by molar-refractivity contribution is 0.175. The SMILES string of the molecule is Cc1cc(C)c(NC(=O)N(Cc2ccc(-c3cn[nH]c3)cc2)C2CCCCCC2)c(C)c1. The monoisotopic (exact) mass is 430 g/mol. The first-order chi connectivity index (χ1) is 15.5. The summed E-state index contributed by atoms with van der Waals surface area (Å²) in [6.07, 6.45) is 10.8. The van der Waals surface area contributed by atoms with E-state index in [0.717, 1.165) is 46.3 Å². The van der Waals surface area contributed by atoms with E-state index >= 15 is 0 Å². The summed E-state index contributed by atoms with van der Waals surface area (Å²) in [4.78, 5) is 15.6. The third-order valence-electron chi connectivity index (χ3n) is 6.57. The number of nitrogens with zero attached hydrogens (tertiary/aromatic N) is 2. The first kappa shape index (κ1) is 22.1. The van der Waals surface area contributed by atoms with Crippen LogP contribution in [0.5, 0.6) is 0 Å². The number of aromatic nitrogens is 2. The van der Waals surface area contributed by atoms with Gasteiger partial charge in [-0.25, -0.2) is 4.79 Å². The van der Waals surface area contributed by atoms with E-state index < -0.39 is 0 Å². The summed E-state index contributed by atoms with van der Waals surface area (Å²) < 4.78 is 0. The zero-order valence-electron chi connectivity index (χ0n) is 19.4. The van der Waals surface area contributed by atoms with Crippen molar-refractivity contribution in [3.63, 3.8) is 0 Å². The lowest BCUT2D eigenvalue weighted by Gasteiger charge is -2.32. The number of hydrogen-bond donors (Lipinski definition) is 2. The molecule has 2 amide bonds. The number of benzene rings is 2. The smallest absolute Gasteiger partial charge is 0.317 e. The van der Waals surface area contributed by atoms with Gasteiger partial charge in [-0.15, -0.1) is 0 Å². The molecule has 5 nitrogen and oxygen atoms in total. The Hall–Kier alpha value is -3.08. The van der Waals surface area contributed by atoms with Gasteiger partial charge in [-0.2, -0.15) is 5.10 Å². The highest BCUT2D eigenvalue weighted by atomic mass is 16.2. The van der Waals surface area contributed by atoms with Gasteiger partial charge in [-0.3, -0.25) is 5.10 Å². The molecule has 2 aromatic carbocycles. The van der Waals surface area contributed by atoms with Gasteiger partial charge in [0.05, 0.1) is 6.20 Å². The third kappa shape index (κ3) is 5.21. The average molecular weight is 431 g/mol. The maximum Gasteiger partial charge on any atom is 0.322 e. The standard InChI is InChI=1S/C27H34N4O/c1-19-14-20(2)26(21(3)15-19)30-27(32)31(25-8-6-4-5-7-9-25)18-22-10-12-23(13-11-22)24-16-28-29-17-24/h10-17,25H,4-9,18H2,1-3H3,(H,28,29)(H,30,32). The van der Waals surface area contributed by atoms with Crippen molar-refractivity contribution >= 4 is 11.7 Å². The Morgan fingerprint density at radius 2 is 1.66 bits per heavy atom. The number of rotatable bonds is 5. The molecule has 4 rings (SSSR count). The number of carbonyl (C=O) groups excluding carboxylic acids is 1. The van der Waals surface area contributed by atoms with Gasteiger partial charge in [0.1, 0.15) is 0 Å². The van der Waals surface area contributed by atoms with Crippen LogP contribution in [-0.2, 0) is 6.54 Å². The normalized spacial score (nSPS) is 14.7. The fourth-order valence-electron chi connectivity index (χ4n) is 4.90. The van der Waals surface area contributed by atoms with Crippen molar-refractivity contribution in [1.82, 2.24) is 15.1 Å². The lowest BCUT2D eigenvalue weighted by Crippen LogP contribution is -2.42. The van der Waals surface area contributed by atoms with Crippen LogP contribution in [0.3, 0.4) is 0 Å². The van der Waals surface area contributed by atoms with E-state index in [1.54, 1.807) is 0 Å². The van der Waals surface area contributed by atoms with Crippen molar-refractivity contribution in [2.75, 3.05) is 5.32 Å². The van der Waals surface area contributed by atoms with Crippen molar-refractivity contribution in [2.45, 2.75) is 71.9 Å². The quantitative estimate of drug-likeness (QED) is 0.439. The number of anilines is 1. The van der Waals surface area contributed by atoms with E-state index in [1.165, 1.54) is 31.2 Å². The number of nitrogens with one attached hydrogen (secondary N) is 2. The van der Waals surface area contributed by atoms with Crippen LogP contribution in [0.1, 0.15) is 60.8 Å². The molecule has 0 aliphatic heterocycles. The Balaban J connectivity index is 1.56. The topological polar surface area (TPSA) is 61.0 Å².